The maximum Gasteiger partial charge on any atom is 0.339 e. The number of rotatable bonds is 9. The van der Waals surface area contributed by atoms with Crippen molar-refractivity contribution >= 4 is 11.8 Å². The van der Waals surface area contributed by atoms with E-state index in [1.807, 2.05) is 0 Å². The Morgan fingerprint density at radius 1 is 1.42 bits per heavy atom. The molecule has 0 aliphatic carbocycles. The topological polar surface area (TPSA) is 80.7 Å². The van der Waals surface area contributed by atoms with Crippen molar-refractivity contribution < 1.29 is 19.4 Å². The largest absolute Gasteiger partial charge is 0.462 e. The van der Waals surface area contributed by atoms with E-state index in [1.165, 1.54) is 6.20 Å². The zero-order valence-electron chi connectivity index (χ0n) is 11.1. The highest BCUT2D eigenvalue weighted by molar-refractivity contribution is 5.89. The summed E-state index contributed by atoms with van der Waals surface area (Å²) in [5.41, 5.74) is 0.443. The van der Waals surface area contributed by atoms with Crippen molar-refractivity contribution in [1.82, 2.24) is 4.98 Å². The number of aromatic nitrogens is 1. The van der Waals surface area contributed by atoms with Crippen LogP contribution in [-0.4, -0.2) is 49.0 Å². The van der Waals surface area contributed by atoms with Gasteiger partial charge in [0.05, 0.1) is 25.4 Å². The number of pyridine rings is 1. The summed E-state index contributed by atoms with van der Waals surface area (Å²) in [7, 11) is 0. The molecule has 106 valence electrons. The number of aliphatic hydroxyl groups is 1. The maximum absolute atomic E-state index is 11.4. The summed E-state index contributed by atoms with van der Waals surface area (Å²) in [5, 5.41) is 11.6. The van der Waals surface area contributed by atoms with Crippen molar-refractivity contribution in [3.05, 3.63) is 23.9 Å². The Morgan fingerprint density at radius 3 is 2.89 bits per heavy atom. The van der Waals surface area contributed by atoms with Gasteiger partial charge in [0.2, 0.25) is 0 Å². The fourth-order valence-electron chi connectivity index (χ4n) is 1.39. The van der Waals surface area contributed by atoms with Gasteiger partial charge in [-0.15, -0.1) is 0 Å². The molecule has 6 nitrogen and oxygen atoms in total. The molecule has 1 aromatic heterocycles. The number of carbonyl (C=O) groups excluding carboxylic acids is 1. The van der Waals surface area contributed by atoms with Crippen LogP contribution in [0, 0.1) is 0 Å². The van der Waals surface area contributed by atoms with Crippen molar-refractivity contribution in [3.63, 3.8) is 0 Å². The number of anilines is 1. The maximum atomic E-state index is 11.4. The third kappa shape index (κ3) is 6.17. The Balaban J connectivity index is 2.26. The van der Waals surface area contributed by atoms with E-state index in [9.17, 15) is 4.79 Å². The van der Waals surface area contributed by atoms with Gasteiger partial charge in [-0.3, -0.25) is 0 Å². The van der Waals surface area contributed by atoms with Crippen LogP contribution in [0.5, 0.6) is 0 Å². The molecule has 19 heavy (non-hydrogen) atoms. The number of aliphatic hydroxyl groups excluding tert-OH is 1. The van der Waals surface area contributed by atoms with E-state index < -0.39 is 0 Å². The normalized spacial score (nSPS) is 10.2. The number of esters is 1. The molecule has 0 aromatic carbocycles. The third-order valence-corrected chi connectivity index (χ3v) is 2.28. The smallest absolute Gasteiger partial charge is 0.339 e. The quantitative estimate of drug-likeness (QED) is 0.515. The molecule has 0 spiro atoms. The monoisotopic (exact) mass is 268 g/mol. The Morgan fingerprint density at radius 2 is 2.26 bits per heavy atom. The Hall–Kier alpha value is -1.66. The molecule has 0 saturated heterocycles. The second-order valence-electron chi connectivity index (χ2n) is 3.77. The van der Waals surface area contributed by atoms with Gasteiger partial charge in [0.25, 0.3) is 0 Å². The number of nitrogens with one attached hydrogen (secondary N) is 1. The van der Waals surface area contributed by atoms with Gasteiger partial charge >= 0.3 is 5.97 Å². The zero-order valence-corrected chi connectivity index (χ0v) is 11.1. The molecule has 1 heterocycles. The molecule has 0 bridgehead atoms. The van der Waals surface area contributed by atoms with E-state index in [4.69, 9.17) is 14.6 Å². The molecule has 1 aromatic rings. The van der Waals surface area contributed by atoms with Gasteiger partial charge in [0.15, 0.2) is 0 Å². The molecule has 6 heteroatoms. The molecule has 1 rings (SSSR count). The molecular formula is C13H20N2O4. The predicted octanol–water partition coefficient (Wildman–Crippen LogP) is 1.07. The van der Waals surface area contributed by atoms with Gasteiger partial charge < -0.3 is 19.9 Å². The lowest BCUT2D eigenvalue weighted by atomic mass is 10.3. The highest BCUT2D eigenvalue weighted by Gasteiger charge is 2.06. The minimum atomic E-state index is -0.362. The minimum Gasteiger partial charge on any atom is -0.462 e. The predicted molar refractivity (Wildman–Crippen MR) is 71.2 cm³/mol. The summed E-state index contributed by atoms with van der Waals surface area (Å²) in [6.07, 6.45) is 2.31. The number of ether oxygens (including phenoxy) is 2. The van der Waals surface area contributed by atoms with Gasteiger partial charge in [0, 0.05) is 19.3 Å². The highest BCUT2D eigenvalue weighted by atomic mass is 16.5. The van der Waals surface area contributed by atoms with Crippen molar-refractivity contribution in [1.29, 1.82) is 0 Å². The van der Waals surface area contributed by atoms with Gasteiger partial charge in [-0.2, -0.15) is 0 Å². The molecule has 0 fully saturated rings. The van der Waals surface area contributed by atoms with Gasteiger partial charge in [-0.05, 0) is 25.5 Å². The standard InChI is InChI=1S/C13H20N2O4/c1-2-19-13(17)11-4-5-12(15-10-11)14-6-3-8-18-9-7-16/h4-5,10,16H,2-3,6-9H2,1H3,(H,14,15). The van der Waals surface area contributed by atoms with E-state index in [2.05, 4.69) is 10.3 Å². The van der Waals surface area contributed by atoms with Crippen LogP contribution < -0.4 is 5.32 Å². The van der Waals surface area contributed by atoms with Crippen LogP contribution in [0.1, 0.15) is 23.7 Å². The molecular weight excluding hydrogens is 248 g/mol. The number of hydrogen-bond acceptors (Lipinski definition) is 6. The highest BCUT2D eigenvalue weighted by Crippen LogP contribution is 2.06. The van der Waals surface area contributed by atoms with E-state index in [-0.39, 0.29) is 12.6 Å². The third-order valence-electron chi connectivity index (χ3n) is 2.28. The van der Waals surface area contributed by atoms with E-state index in [1.54, 1.807) is 19.1 Å². The lowest BCUT2D eigenvalue weighted by Gasteiger charge is -2.06. The van der Waals surface area contributed by atoms with Crippen LogP contribution in [0.25, 0.3) is 0 Å². The van der Waals surface area contributed by atoms with E-state index >= 15 is 0 Å². The first-order valence-corrected chi connectivity index (χ1v) is 6.33. The van der Waals surface area contributed by atoms with Crippen LogP contribution in [0.3, 0.4) is 0 Å². The summed E-state index contributed by atoms with van der Waals surface area (Å²) in [4.78, 5) is 15.5. The number of nitrogens with zero attached hydrogens (tertiary/aromatic N) is 1. The molecule has 0 atom stereocenters. The number of hydrogen-bond donors (Lipinski definition) is 2. The van der Waals surface area contributed by atoms with E-state index in [0.29, 0.717) is 31.2 Å². The summed E-state index contributed by atoms with van der Waals surface area (Å²) in [6, 6.07) is 3.41. The summed E-state index contributed by atoms with van der Waals surface area (Å²) < 4.78 is 9.99. The fourth-order valence-corrected chi connectivity index (χ4v) is 1.39. The average Bonchev–Trinajstić information content (AvgIpc) is 2.43. The average molecular weight is 268 g/mol. The van der Waals surface area contributed by atoms with Gasteiger partial charge in [-0.25, -0.2) is 9.78 Å². The lowest BCUT2D eigenvalue weighted by molar-refractivity contribution is 0.0526. The lowest BCUT2D eigenvalue weighted by Crippen LogP contribution is -2.09. The molecule has 0 aliphatic rings. The molecule has 0 aliphatic heterocycles. The second-order valence-corrected chi connectivity index (χ2v) is 3.77. The summed E-state index contributed by atoms with van der Waals surface area (Å²) in [5.74, 6) is 0.342. The SMILES string of the molecule is CCOC(=O)c1ccc(NCCCOCCO)nc1. The van der Waals surface area contributed by atoms with Crippen LogP contribution >= 0.6 is 0 Å². The minimum absolute atomic E-state index is 0.0459. The molecule has 0 radical (unpaired) electrons. The summed E-state index contributed by atoms with van der Waals surface area (Å²) >= 11 is 0. The van der Waals surface area contributed by atoms with Gasteiger partial charge in [0.1, 0.15) is 5.82 Å². The van der Waals surface area contributed by atoms with Crippen LogP contribution in [-0.2, 0) is 9.47 Å². The molecule has 0 saturated carbocycles. The summed E-state index contributed by atoms with van der Waals surface area (Å²) in [6.45, 7) is 3.84. The molecule has 0 amide bonds. The molecule has 0 unspecified atom stereocenters. The Labute approximate surface area is 112 Å². The first-order chi connectivity index (χ1) is 9.27. The van der Waals surface area contributed by atoms with Crippen LogP contribution in [0.4, 0.5) is 5.82 Å². The Bertz CT molecular complexity index is 367. The van der Waals surface area contributed by atoms with E-state index in [0.717, 1.165) is 13.0 Å². The van der Waals surface area contributed by atoms with Crippen LogP contribution in [0.2, 0.25) is 0 Å². The first-order valence-electron chi connectivity index (χ1n) is 6.33. The number of carbonyl (C=O) groups is 1. The Kier molecular flexibility index (Phi) is 7.53. The van der Waals surface area contributed by atoms with Crippen molar-refractivity contribution in [2.45, 2.75) is 13.3 Å². The second kappa shape index (κ2) is 9.29. The van der Waals surface area contributed by atoms with Crippen molar-refractivity contribution in [2.24, 2.45) is 0 Å². The van der Waals surface area contributed by atoms with Crippen LogP contribution in [0.15, 0.2) is 18.3 Å². The first kappa shape index (κ1) is 15.4. The fraction of sp³-hybridized carbons (Fsp3) is 0.538. The van der Waals surface area contributed by atoms with Crippen molar-refractivity contribution in [3.8, 4) is 0 Å². The van der Waals surface area contributed by atoms with Gasteiger partial charge in [-0.1, -0.05) is 0 Å². The van der Waals surface area contributed by atoms with Crippen molar-refractivity contribution in [2.75, 3.05) is 38.3 Å². The molecule has 2 N–H and O–H groups in total. The zero-order chi connectivity index (χ0) is 13.9.